The van der Waals surface area contributed by atoms with E-state index >= 15 is 0 Å². The fourth-order valence-corrected chi connectivity index (χ4v) is 4.95. The number of benzene rings is 2. The van der Waals surface area contributed by atoms with Crippen LogP contribution in [0.25, 0.3) is 6.08 Å². The minimum atomic E-state index is -0.968. The Kier molecular flexibility index (Phi) is 4.14. The lowest BCUT2D eigenvalue weighted by molar-refractivity contribution is -0.384. The van der Waals surface area contributed by atoms with Crippen LogP contribution in [0.4, 0.5) is 11.4 Å². The van der Waals surface area contributed by atoms with Crippen molar-refractivity contribution in [3.63, 3.8) is 0 Å². The summed E-state index contributed by atoms with van der Waals surface area (Å²) in [6, 6.07) is 11.4. The highest BCUT2D eigenvalue weighted by Gasteiger charge is 2.65. The van der Waals surface area contributed by atoms with Crippen LogP contribution < -0.4 is 4.90 Å². The van der Waals surface area contributed by atoms with Crippen molar-refractivity contribution < 1.29 is 24.0 Å². The summed E-state index contributed by atoms with van der Waals surface area (Å²) < 4.78 is 4.97. The Hall–Kier alpha value is -4.01. The Bertz CT molecular complexity index is 1180. The topological polar surface area (TPSA) is 110 Å². The van der Waals surface area contributed by atoms with Gasteiger partial charge in [-0.2, -0.15) is 0 Å². The van der Waals surface area contributed by atoms with Crippen molar-refractivity contribution in [1.82, 2.24) is 4.90 Å². The zero-order chi connectivity index (χ0) is 21.9. The normalized spacial score (nSPS) is 25.8. The van der Waals surface area contributed by atoms with Gasteiger partial charge < -0.3 is 9.64 Å². The number of carbonyl (C=O) groups excluding carboxylic acids is 3. The Morgan fingerprint density at radius 3 is 2.55 bits per heavy atom. The van der Waals surface area contributed by atoms with Crippen LogP contribution in [0.2, 0.25) is 0 Å². The maximum absolute atomic E-state index is 13.5. The van der Waals surface area contributed by atoms with Crippen LogP contribution in [0.1, 0.15) is 17.2 Å². The van der Waals surface area contributed by atoms with Gasteiger partial charge in [-0.25, -0.2) is 9.69 Å². The molecule has 3 aliphatic heterocycles. The number of anilines is 1. The first-order valence-corrected chi connectivity index (χ1v) is 9.68. The van der Waals surface area contributed by atoms with Crippen LogP contribution >= 0.6 is 0 Å². The van der Waals surface area contributed by atoms with E-state index in [2.05, 4.69) is 0 Å². The van der Waals surface area contributed by atoms with Gasteiger partial charge in [-0.15, -0.1) is 0 Å². The number of non-ortho nitro benzene ring substituents is 1. The highest BCUT2D eigenvalue weighted by atomic mass is 16.6. The molecular formula is C22H17N3O6. The molecule has 4 atom stereocenters. The smallest absolute Gasteiger partial charge is 0.329 e. The highest BCUT2D eigenvalue weighted by molar-refractivity contribution is 6.24. The molecule has 0 aromatic heterocycles. The summed E-state index contributed by atoms with van der Waals surface area (Å²) in [7, 11) is 1.24. The van der Waals surface area contributed by atoms with Crippen LogP contribution in [0, 0.1) is 22.0 Å². The number of amides is 2. The first-order chi connectivity index (χ1) is 14.9. The van der Waals surface area contributed by atoms with E-state index in [9.17, 15) is 24.5 Å². The number of ether oxygens (including phenoxy) is 1. The summed E-state index contributed by atoms with van der Waals surface area (Å²) in [6.45, 7) is 0. The second kappa shape index (κ2) is 6.76. The number of esters is 1. The molecule has 0 unspecified atom stereocenters. The van der Waals surface area contributed by atoms with Gasteiger partial charge in [0.25, 0.3) is 5.69 Å². The van der Waals surface area contributed by atoms with Gasteiger partial charge in [0.1, 0.15) is 6.04 Å². The maximum Gasteiger partial charge on any atom is 0.329 e. The summed E-state index contributed by atoms with van der Waals surface area (Å²) in [6.07, 6.45) is 3.57. The second-order valence-electron chi connectivity index (χ2n) is 7.65. The number of methoxy groups -OCH3 is 1. The van der Waals surface area contributed by atoms with Crippen molar-refractivity contribution >= 4 is 35.2 Å². The molecule has 0 spiro atoms. The molecule has 2 aromatic rings. The zero-order valence-electron chi connectivity index (χ0n) is 16.4. The van der Waals surface area contributed by atoms with Crippen molar-refractivity contribution in [3.05, 3.63) is 76.0 Å². The number of nitro benzene ring substituents is 1. The van der Waals surface area contributed by atoms with Gasteiger partial charge in [0, 0.05) is 18.3 Å². The van der Waals surface area contributed by atoms with E-state index in [0.717, 1.165) is 16.0 Å². The molecule has 0 N–H and O–H groups in total. The number of nitrogens with zero attached hydrogens (tertiary/aromatic N) is 3. The molecule has 5 rings (SSSR count). The van der Waals surface area contributed by atoms with E-state index in [1.165, 1.54) is 31.4 Å². The molecule has 2 saturated heterocycles. The first-order valence-electron chi connectivity index (χ1n) is 9.68. The van der Waals surface area contributed by atoms with E-state index in [0.29, 0.717) is 0 Å². The number of hydrogen-bond donors (Lipinski definition) is 0. The fraction of sp³-hybridized carbons (Fsp3) is 0.227. The monoisotopic (exact) mass is 419 g/mol. The molecule has 31 heavy (non-hydrogen) atoms. The Morgan fingerprint density at radius 2 is 1.81 bits per heavy atom. The van der Waals surface area contributed by atoms with Gasteiger partial charge in [-0.3, -0.25) is 19.7 Å². The number of nitro groups is 1. The Morgan fingerprint density at radius 1 is 1.06 bits per heavy atom. The van der Waals surface area contributed by atoms with E-state index in [1.807, 2.05) is 30.3 Å². The number of imide groups is 1. The quantitative estimate of drug-likeness (QED) is 0.325. The van der Waals surface area contributed by atoms with Gasteiger partial charge in [-0.1, -0.05) is 30.3 Å². The van der Waals surface area contributed by atoms with E-state index in [1.54, 1.807) is 11.1 Å². The van der Waals surface area contributed by atoms with Gasteiger partial charge in [0.15, 0.2) is 0 Å². The minimum absolute atomic E-state index is 0.119. The van der Waals surface area contributed by atoms with Crippen molar-refractivity contribution in [2.75, 3.05) is 12.0 Å². The van der Waals surface area contributed by atoms with Crippen LogP contribution in [-0.2, 0) is 19.1 Å². The zero-order valence-corrected chi connectivity index (χ0v) is 16.4. The SMILES string of the molecule is COC(=O)[C@@H]1[C@@H]2C(=O)N(c3cccc([N+](=O)[O-])c3)C(=O)[C@H]2[C@@H]2c3ccccc3C=CN12. The largest absolute Gasteiger partial charge is 0.467 e. The first kappa shape index (κ1) is 19.0. The molecule has 2 amide bonds. The van der Waals surface area contributed by atoms with Crippen molar-refractivity contribution in [2.45, 2.75) is 12.1 Å². The van der Waals surface area contributed by atoms with Crippen molar-refractivity contribution in [1.29, 1.82) is 0 Å². The highest BCUT2D eigenvalue weighted by Crippen LogP contribution is 2.53. The molecular weight excluding hydrogens is 402 g/mol. The van der Waals surface area contributed by atoms with E-state index in [-0.39, 0.29) is 11.4 Å². The standard InChI is InChI=1S/C22H17N3O6/c1-31-22(28)19-17-16(18-15-8-3-2-5-12(15)9-10-23(18)19)20(26)24(21(17)27)13-6-4-7-14(11-13)25(29)30/h2-11,16-19H,1H3/t16-,17-,18+,19+/m1/s1. The summed E-state index contributed by atoms with van der Waals surface area (Å²) in [4.78, 5) is 53.0. The lowest BCUT2D eigenvalue weighted by atomic mass is 9.84. The molecule has 3 heterocycles. The molecule has 0 saturated carbocycles. The molecule has 0 radical (unpaired) electrons. The third-order valence-electron chi connectivity index (χ3n) is 6.20. The van der Waals surface area contributed by atoms with Gasteiger partial charge >= 0.3 is 5.97 Å². The number of fused-ring (bicyclic) bond motifs is 5. The number of hydrogen-bond acceptors (Lipinski definition) is 7. The third-order valence-corrected chi connectivity index (χ3v) is 6.20. The van der Waals surface area contributed by atoms with Gasteiger partial charge in [0.2, 0.25) is 11.8 Å². The van der Waals surface area contributed by atoms with Crippen molar-refractivity contribution in [2.24, 2.45) is 11.8 Å². The molecule has 156 valence electrons. The van der Waals surface area contributed by atoms with Crippen LogP contribution in [-0.4, -0.2) is 40.8 Å². The maximum atomic E-state index is 13.5. The fourth-order valence-electron chi connectivity index (χ4n) is 4.95. The lowest BCUT2D eigenvalue weighted by Gasteiger charge is -2.34. The van der Waals surface area contributed by atoms with Gasteiger partial charge in [-0.05, 0) is 23.3 Å². The van der Waals surface area contributed by atoms with E-state index in [4.69, 9.17) is 4.74 Å². The lowest BCUT2D eigenvalue weighted by Crippen LogP contribution is -2.44. The third kappa shape index (κ3) is 2.59. The minimum Gasteiger partial charge on any atom is -0.467 e. The summed E-state index contributed by atoms with van der Waals surface area (Å²) >= 11 is 0. The Balaban J connectivity index is 1.64. The summed E-state index contributed by atoms with van der Waals surface area (Å²) in [5, 5.41) is 11.2. The summed E-state index contributed by atoms with van der Waals surface area (Å²) in [5.74, 6) is -3.43. The van der Waals surface area contributed by atoms with Crippen LogP contribution in [0.3, 0.4) is 0 Å². The number of rotatable bonds is 3. The summed E-state index contributed by atoms with van der Waals surface area (Å²) in [5.41, 5.74) is 1.64. The number of carbonyl (C=O) groups is 3. The molecule has 9 nitrogen and oxygen atoms in total. The molecule has 2 fully saturated rings. The van der Waals surface area contributed by atoms with Crippen LogP contribution in [0.5, 0.6) is 0 Å². The molecule has 2 aromatic carbocycles. The predicted molar refractivity (Wildman–Crippen MR) is 108 cm³/mol. The van der Waals surface area contributed by atoms with Gasteiger partial charge in [0.05, 0.1) is 35.6 Å². The molecule has 3 aliphatic rings. The van der Waals surface area contributed by atoms with Crippen LogP contribution in [0.15, 0.2) is 54.7 Å². The molecule has 0 aliphatic carbocycles. The molecule has 9 heteroatoms. The van der Waals surface area contributed by atoms with E-state index < -0.39 is 46.6 Å². The average molecular weight is 419 g/mol. The molecule has 0 bridgehead atoms. The second-order valence-corrected chi connectivity index (χ2v) is 7.65. The Labute approximate surface area is 176 Å². The van der Waals surface area contributed by atoms with Crippen molar-refractivity contribution in [3.8, 4) is 0 Å². The average Bonchev–Trinajstić information content (AvgIpc) is 3.26. The predicted octanol–water partition coefficient (Wildman–Crippen LogP) is 2.28.